The van der Waals surface area contributed by atoms with Crippen molar-refractivity contribution in [3.8, 4) is 0 Å². The number of aryl methyl sites for hydroxylation is 1. The van der Waals surface area contributed by atoms with E-state index in [1.807, 2.05) is 30.6 Å². The third-order valence-electron chi connectivity index (χ3n) is 7.57. The minimum atomic E-state index is -4.06. The molecule has 0 radical (unpaired) electrons. The molecule has 0 saturated heterocycles. The van der Waals surface area contributed by atoms with E-state index in [0.717, 1.165) is 24.7 Å². The van der Waals surface area contributed by atoms with Crippen molar-refractivity contribution in [2.24, 2.45) is 0 Å². The van der Waals surface area contributed by atoms with Crippen molar-refractivity contribution in [1.82, 2.24) is 0 Å². The van der Waals surface area contributed by atoms with Crippen molar-refractivity contribution in [3.63, 3.8) is 0 Å². The molecule has 4 aromatic carbocycles. The van der Waals surface area contributed by atoms with E-state index >= 15 is 0 Å². The summed E-state index contributed by atoms with van der Waals surface area (Å²) >= 11 is 1.02. The zero-order chi connectivity index (χ0) is 36.4. The molecular weight excluding hydrogens is 713 g/mol. The Kier molecular flexibility index (Phi) is 12.0. The van der Waals surface area contributed by atoms with E-state index in [-0.39, 0.29) is 31.8 Å². The van der Waals surface area contributed by atoms with Crippen molar-refractivity contribution in [1.29, 1.82) is 0 Å². The second-order valence-electron chi connectivity index (χ2n) is 11.3. The van der Waals surface area contributed by atoms with Crippen LogP contribution in [-0.2, 0) is 37.0 Å². The number of hydrogen-bond donors (Lipinski definition) is 2. The van der Waals surface area contributed by atoms with Gasteiger partial charge in [0.25, 0.3) is 11.6 Å². The molecule has 0 aliphatic carbocycles. The summed E-state index contributed by atoms with van der Waals surface area (Å²) in [4.78, 5) is 36.8. The van der Waals surface area contributed by atoms with Crippen molar-refractivity contribution in [3.05, 3.63) is 149 Å². The van der Waals surface area contributed by atoms with Crippen LogP contribution < -0.4 is 14.6 Å². The Hall–Kier alpha value is -5.38. The van der Waals surface area contributed by atoms with Crippen LogP contribution in [0.25, 0.3) is 0 Å². The highest BCUT2D eigenvalue weighted by atomic mass is 32.2. The lowest BCUT2D eigenvalue weighted by Gasteiger charge is -2.11. The molecule has 0 spiro atoms. The van der Waals surface area contributed by atoms with Crippen molar-refractivity contribution < 1.29 is 35.9 Å². The van der Waals surface area contributed by atoms with Crippen LogP contribution in [0.5, 0.6) is 0 Å². The van der Waals surface area contributed by atoms with Crippen LogP contribution in [0, 0.1) is 10.1 Å². The number of sulfonamides is 1. The number of sulfone groups is 1. The number of nitro groups is 1. The van der Waals surface area contributed by atoms with Crippen molar-refractivity contribution in [2.75, 3.05) is 10.0 Å². The number of anilines is 2. The minimum absolute atomic E-state index is 0.00660. The Labute approximate surface area is 299 Å². The number of para-hydroxylation sites is 1. The molecule has 0 atom stereocenters. The number of hydrogen-bond acceptors (Lipinski definition) is 9. The summed E-state index contributed by atoms with van der Waals surface area (Å²) in [6.07, 6.45) is 5.87. The number of rotatable bonds is 15. The minimum Gasteiger partial charge on any atom is -0.322 e. The van der Waals surface area contributed by atoms with Gasteiger partial charge in [-0.1, -0.05) is 48.2 Å². The molecule has 262 valence electrons. The normalized spacial score (nSPS) is 11.5. The Morgan fingerprint density at radius 1 is 0.725 bits per heavy atom. The first-order chi connectivity index (χ1) is 24.4. The molecule has 2 N–H and O–H groups in total. The van der Waals surface area contributed by atoms with Gasteiger partial charge in [-0.2, -0.15) is 0 Å². The lowest BCUT2D eigenvalue weighted by Crippen LogP contribution is -2.32. The van der Waals surface area contributed by atoms with Crippen LogP contribution in [0.15, 0.2) is 142 Å². The highest BCUT2D eigenvalue weighted by molar-refractivity contribution is 8.13. The number of nitro benzene ring substituents is 1. The molecule has 1 heterocycles. The summed E-state index contributed by atoms with van der Waals surface area (Å²) in [5, 5.41) is 14.0. The van der Waals surface area contributed by atoms with Crippen molar-refractivity contribution in [2.45, 2.75) is 46.2 Å². The molecular formula is C36H33N4O8S3+. The first kappa shape index (κ1) is 36.9. The number of nitrogens with zero attached hydrogens (tertiary/aromatic N) is 2. The Bertz CT molecular complexity index is 2250. The molecule has 0 saturated carbocycles. The van der Waals surface area contributed by atoms with E-state index < -0.39 is 36.4 Å². The maximum absolute atomic E-state index is 13.3. The lowest BCUT2D eigenvalue weighted by molar-refractivity contribution is -0.697. The molecule has 0 aliphatic heterocycles. The number of pyridine rings is 1. The van der Waals surface area contributed by atoms with Crippen molar-refractivity contribution >= 4 is 59.7 Å². The quantitative estimate of drug-likeness (QED) is 0.0404. The number of benzene rings is 4. The predicted molar refractivity (Wildman–Crippen MR) is 193 cm³/mol. The van der Waals surface area contributed by atoms with Gasteiger partial charge in [-0.15, -0.1) is 0 Å². The topological polar surface area (TPSA) is 173 Å². The summed E-state index contributed by atoms with van der Waals surface area (Å²) in [6, 6.07) is 28.7. The summed E-state index contributed by atoms with van der Waals surface area (Å²) in [5.74, 6) is -1.10. The van der Waals surface area contributed by atoms with E-state index in [9.17, 15) is 36.5 Å². The number of unbranched alkanes of at least 4 members (excludes halogenated alkanes) is 1. The third kappa shape index (κ3) is 10.1. The number of thioether (sulfide) groups is 1. The average Bonchev–Trinajstić information content (AvgIpc) is 3.11. The van der Waals surface area contributed by atoms with Gasteiger partial charge in [0, 0.05) is 52.9 Å². The van der Waals surface area contributed by atoms with Crippen LogP contribution in [-0.4, -0.2) is 32.8 Å². The van der Waals surface area contributed by atoms with Crippen LogP contribution in [0.1, 0.15) is 35.2 Å². The molecule has 51 heavy (non-hydrogen) atoms. The van der Waals surface area contributed by atoms with E-state index in [1.54, 1.807) is 24.3 Å². The van der Waals surface area contributed by atoms with Gasteiger partial charge in [-0.25, -0.2) is 21.4 Å². The van der Waals surface area contributed by atoms with Gasteiger partial charge in [0.15, 0.2) is 17.5 Å². The number of carbonyl (C=O) groups is 2. The molecule has 12 nitrogen and oxygen atoms in total. The molecule has 1 aromatic heterocycles. The van der Waals surface area contributed by atoms with Gasteiger partial charge in [0.1, 0.15) is 12.3 Å². The van der Waals surface area contributed by atoms with Gasteiger partial charge in [-0.05, 0) is 67.1 Å². The zero-order valence-corrected chi connectivity index (χ0v) is 29.5. The van der Waals surface area contributed by atoms with E-state index in [2.05, 4.69) is 14.6 Å². The molecule has 1 amide bonds. The highest BCUT2D eigenvalue weighted by Crippen LogP contribution is 2.28. The maximum Gasteiger partial charge on any atom is 0.273 e. The predicted octanol–water partition coefficient (Wildman–Crippen LogP) is 6.40. The standard InChI is InChI=1S/C36H32N4O8S3/c41-35(14-6-9-25-39-23-7-1-8-24-39)49-34-13-5-3-11-32(34)36(42)37-28-15-19-30(20-16-28)51(47,48)31-21-17-29(18-22-31)38-50(45,46)26-27-10-2-4-12-33(27)40(43)44/h1-5,7-8,10-13,15-24,38H,6,9,14,25-26H2/p+1. The summed E-state index contributed by atoms with van der Waals surface area (Å²) in [6.45, 7) is 0.807. The van der Waals surface area contributed by atoms with Gasteiger partial charge in [-0.3, -0.25) is 24.4 Å². The van der Waals surface area contributed by atoms with Crippen LogP contribution in [0.2, 0.25) is 0 Å². The average molecular weight is 746 g/mol. The highest BCUT2D eigenvalue weighted by Gasteiger charge is 2.22. The first-order valence-corrected chi connectivity index (χ1v) is 19.6. The summed E-state index contributed by atoms with van der Waals surface area (Å²) in [5.41, 5.74) is 0.405. The van der Waals surface area contributed by atoms with Gasteiger partial charge < -0.3 is 5.32 Å². The monoisotopic (exact) mass is 745 g/mol. The molecule has 0 aliphatic rings. The maximum atomic E-state index is 13.3. The zero-order valence-electron chi connectivity index (χ0n) is 27.0. The van der Waals surface area contributed by atoms with E-state index in [1.165, 1.54) is 72.8 Å². The van der Waals surface area contributed by atoms with E-state index in [4.69, 9.17) is 0 Å². The smallest absolute Gasteiger partial charge is 0.273 e. The Morgan fingerprint density at radius 2 is 1.33 bits per heavy atom. The van der Waals surface area contributed by atoms with Gasteiger partial charge >= 0.3 is 0 Å². The second-order valence-corrected chi connectivity index (χ2v) is 16.1. The van der Waals surface area contributed by atoms with Gasteiger partial charge in [0.05, 0.1) is 20.3 Å². The third-order valence-corrected chi connectivity index (χ3v) is 11.6. The van der Waals surface area contributed by atoms with Crippen LogP contribution >= 0.6 is 11.8 Å². The molecule has 15 heteroatoms. The largest absolute Gasteiger partial charge is 0.322 e. The van der Waals surface area contributed by atoms with E-state index in [0.29, 0.717) is 29.0 Å². The molecule has 0 unspecified atom stereocenters. The SMILES string of the molecule is O=C(CCCC[n+]1ccccc1)Sc1ccccc1C(=O)Nc1ccc(S(=O)(=O)c2ccc(NS(=O)(=O)Cc3ccccc3[N+](=O)[O-])cc2)cc1. The van der Waals surface area contributed by atoms with Crippen LogP contribution in [0.4, 0.5) is 17.1 Å². The second kappa shape index (κ2) is 16.6. The Morgan fingerprint density at radius 3 is 2.00 bits per heavy atom. The number of nitrogens with one attached hydrogen (secondary N) is 2. The molecule has 5 rings (SSSR count). The number of carbonyl (C=O) groups excluding carboxylic acids is 2. The summed E-state index contributed by atoms with van der Waals surface area (Å²) < 4.78 is 56.4. The fourth-order valence-electron chi connectivity index (χ4n) is 5.05. The number of aromatic nitrogens is 1. The molecule has 5 aromatic rings. The fraction of sp³-hybridized carbons (Fsp3) is 0.139. The van der Waals surface area contributed by atoms with Crippen LogP contribution in [0.3, 0.4) is 0 Å². The fourth-order valence-corrected chi connectivity index (χ4v) is 8.44. The molecule has 0 fully saturated rings. The first-order valence-electron chi connectivity index (χ1n) is 15.6. The summed E-state index contributed by atoms with van der Waals surface area (Å²) in [7, 11) is -8.07. The van der Waals surface area contributed by atoms with Gasteiger partial charge in [0.2, 0.25) is 19.9 Å². The Balaban J connectivity index is 1.17. The molecule has 0 bridgehead atoms. The number of amides is 1. The lowest BCUT2D eigenvalue weighted by atomic mass is 10.2.